The molecule has 0 amide bonds. The average Bonchev–Trinajstić information content (AvgIpc) is 2.66. The molecule has 0 atom stereocenters. The van der Waals surface area contributed by atoms with Crippen LogP contribution in [0.25, 0.3) is 11.1 Å². The maximum atomic E-state index is 12.3. The summed E-state index contributed by atoms with van der Waals surface area (Å²) in [4.78, 5) is 23.7. The average molecular weight is 344 g/mol. The minimum atomic E-state index is -0.972. The molecule has 0 aliphatic carbocycles. The summed E-state index contributed by atoms with van der Waals surface area (Å²) in [6, 6.07) is 19.4. The molecule has 0 spiro atoms. The van der Waals surface area contributed by atoms with Crippen molar-refractivity contribution in [1.82, 2.24) is 4.57 Å². The minimum Gasteiger partial charge on any atom is -0.478 e. The Morgan fingerprint density at radius 2 is 1.77 bits per heavy atom. The number of aryl methyl sites for hydroxylation is 1. The third-order valence-electron chi connectivity index (χ3n) is 4.28. The van der Waals surface area contributed by atoms with Crippen molar-refractivity contribution in [2.75, 3.05) is 0 Å². The number of hydrogen-bond donors (Lipinski definition) is 1. The summed E-state index contributed by atoms with van der Waals surface area (Å²) in [7, 11) is 0. The van der Waals surface area contributed by atoms with Crippen LogP contribution in [-0.2, 0) is 6.54 Å². The van der Waals surface area contributed by atoms with Gasteiger partial charge in [0.25, 0.3) is 5.56 Å². The summed E-state index contributed by atoms with van der Waals surface area (Å²) in [5, 5.41) is 18.3. The van der Waals surface area contributed by atoms with Crippen molar-refractivity contribution in [2.45, 2.75) is 13.5 Å². The van der Waals surface area contributed by atoms with Crippen molar-refractivity contribution in [2.24, 2.45) is 0 Å². The van der Waals surface area contributed by atoms with Gasteiger partial charge in [-0.2, -0.15) is 5.26 Å². The van der Waals surface area contributed by atoms with E-state index in [1.807, 2.05) is 37.3 Å². The Hall–Kier alpha value is -3.65. The van der Waals surface area contributed by atoms with Crippen LogP contribution in [0, 0.1) is 18.3 Å². The summed E-state index contributed by atoms with van der Waals surface area (Å²) in [5.74, 6) is -0.972. The van der Waals surface area contributed by atoms with Gasteiger partial charge < -0.3 is 9.67 Å². The quantitative estimate of drug-likeness (QED) is 0.786. The normalized spacial score (nSPS) is 10.3. The van der Waals surface area contributed by atoms with Crippen LogP contribution in [0.1, 0.15) is 27.2 Å². The van der Waals surface area contributed by atoms with Crippen LogP contribution in [0.15, 0.2) is 65.5 Å². The number of carboxylic acids is 1. The van der Waals surface area contributed by atoms with Gasteiger partial charge >= 0.3 is 5.97 Å². The Morgan fingerprint density at radius 1 is 1.08 bits per heavy atom. The first-order valence-corrected chi connectivity index (χ1v) is 8.03. The minimum absolute atomic E-state index is 0.114. The molecule has 3 aromatic rings. The van der Waals surface area contributed by atoms with Crippen molar-refractivity contribution in [3.8, 4) is 17.2 Å². The molecular formula is C21H16N2O3. The number of aromatic nitrogens is 1. The van der Waals surface area contributed by atoms with Crippen LogP contribution in [0.4, 0.5) is 0 Å². The van der Waals surface area contributed by atoms with Crippen molar-refractivity contribution in [3.05, 3.63) is 93.4 Å². The van der Waals surface area contributed by atoms with E-state index < -0.39 is 5.97 Å². The van der Waals surface area contributed by atoms with E-state index in [1.54, 1.807) is 34.9 Å². The van der Waals surface area contributed by atoms with Gasteiger partial charge in [0.15, 0.2) is 0 Å². The SMILES string of the molecule is Cc1ccc(C#N)c(=O)n1Cc1ccc(-c2ccccc2C(=O)O)cc1. The maximum Gasteiger partial charge on any atom is 0.336 e. The largest absolute Gasteiger partial charge is 0.478 e. The molecule has 0 bridgehead atoms. The van der Waals surface area contributed by atoms with E-state index >= 15 is 0 Å². The molecule has 0 aliphatic heterocycles. The van der Waals surface area contributed by atoms with Gasteiger partial charge in [0.05, 0.1) is 12.1 Å². The molecule has 5 heteroatoms. The second-order valence-corrected chi connectivity index (χ2v) is 5.94. The van der Waals surface area contributed by atoms with Gasteiger partial charge in [0.1, 0.15) is 11.6 Å². The molecule has 1 aromatic heterocycles. The highest BCUT2D eigenvalue weighted by atomic mass is 16.4. The van der Waals surface area contributed by atoms with Crippen molar-refractivity contribution in [3.63, 3.8) is 0 Å². The fourth-order valence-electron chi connectivity index (χ4n) is 2.85. The fourth-order valence-corrected chi connectivity index (χ4v) is 2.85. The number of benzene rings is 2. The Labute approximate surface area is 150 Å². The molecule has 0 saturated heterocycles. The van der Waals surface area contributed by atoms with E-state index in [9.17, 15) is 14.7 Å². The second-order valence-electron chi connectivity index (χ2n) is 5.94. The van der Waals surface area contributed by atoms with Crippen molar-refractivity contribution < 1.29 is 9.90 Å². The van der Waals surface area contributed by atoms with E-state index in [-0.39, 0.29) is 16.7 Å². The van der Waals surface area contributed by atoms with E-state index in [1.165, 1.54) is 6.07 Å². The maximum absolute atomic E-state index is 12.3. The highest BCUT2D eigenvalue weighted by molar-refractivity contribution is 5.95. The molecule has 2 aromatic carbocycles. The number of aromatic carboxylic acids is 1. The molecule has 5 nitrogen and oxygen atoms in total. The number of pyridine rings is 1. The smallest absolute Gasteiger partial charge is 0.336 e. The number of nitrogens with zero attached hydrogens (tertiary/aromatic N) is 2. The van der Waals surface area contributed by atoms with Crippen LogP contribution in [0.3, 0.4) is 0 Å². The third-order valence-corrected chi connectivity index (χ3v) is 4.28. The fraction of sp³-hybridized carbons (Fsp3) is 0.0952. The lowest BCUT2D eigenvalue weighted by molar-refractivity contribution is 0.0697. The molecule has 0 unspecified atom stereocenters. The molecular weight excluding hydrogens is 328 g/mol. The topological polar surface area (TPSA) is 83.1 Å². The number of hydrogen-bond acceptors (Lipinski definition) is 3. The van der Waals surface area contributed by atoms with Gasteiger partial charge in [-0.15, -0.1) is 0 Å². The molecule has 3 rings (SSSR count). The highest BCUT2D eigenvalue weighted by Crippen LogP contribution is 2.24. The summed E-state index contributed by atoms with van der Waals surface area (Å²) in [6.07, 6.45) is 0. The Balaban J connectivity index is 1.95. The van der Waals surface area contributed by atoms with E-state index in [0.29, 0.717) is 12.1 Å². The lowest BCUT2D eigenvalue weighted by atomic mass is 9.98. The third kappa shape index (κ3) is 3.26. The van der Waals surface area contributed by atoms with Crippen LogP contribution in [0.2, 0.25) is 0 Å². The van der Waals surface area contributed by atoms with Gasteiger partial charge in [-0.3, -0.25) is 4.79 Å². The monoisotopic (exact) mass is 344 g/mol. The molecule has 0 fully saturated rings. The van der Waals surface area contributed by atoms with E-state index in [2.05, 4.69) is 0 Å². The van der Waals surface area contributed by atoms with Crippen molar-refractivity contribution >= 4 is 5.97 Å². The van der Waals surface area contributed by atoms with Crippen LogP contribution < -0.4 is 5.56 Å². The summed E-state index contributed by atoms with van der Waals surface area (Å²) in [5.41, 5.74) is 3.15. The number of carboxylic acid groups (broad SMARTS) is 1. The lowest BCUT2D eigenvalue weighted by Crippen LogP contribution is -2.24. The first kappa shape index (κ1) is 17.2. The molecule has 1 heterocycles. The summed E-state index contributed by atoms with van der Waals surface area (Å²) in [6.45, 7) is 2.17. The van der Waals surface area contributed by atoms with Gasteiger partial charge in [0, 0.05) is 5.69 Å². The Kier molecular flexibility index (Phi) is 4.68. The predicted octanol–water partition coefficient (Wildman–Crippen LogP) is 3.44. The zero-order valence-electron chi connectivity index (χ0n) is 14.1. The summed E-state index contributed by atoms with van der Waals surface area (Å²) >= 11 is 0. The van der Waals surface area contributed by atoms with Gasteiger partial charge in [0.2, 0.25) is 0 Å². The van der Waals surface area contributed by atoms with Gasteiger partial charge in [-0.05, 0) is 41.8 Å². The number of rotatable bonds is 4. The molecule has 1 N–H and O–H groups in total. The first-order valence-electron chi connectivity index (χ1n) is 8.03. The van der Waals surface area contributed by atoms with Gasteiger partial charge in [-0.1, -0.05) is 42.5 Å². The summed E-state index contributed by atoms with van der Waals surface area (Å²) < 4.78 is 1.55. The standard InChI is InChI=1S/C21H16N2O3/c1-14-6-9-17(12-22)20(24)23(14)13-15-7-10-16(11-8-15)18-4-2-3-5-19(18)21(25)26/h2-11H,13H2,1H3,(H,25,26). The lowest BCUT2D eigenvalue weighted by Gasteiger charge is -2.11. The first-order chi connectivity index (χ1) is 12.5. The zero-order chi connectivity index (χ0) is 18.7. The Morgan fingerprint density at radius 3 is 2.42 bits per heavy atom. The highest BCUT2D eigenvalue weighted by Gasteiger charge is 2.11. The predicted molar refractivity (Wildman–Crippen MR) is 98.1 cm³/mol. The van der Waals surface area contributed by atoms with E-state index in [0.717, 1.165) is 16.8 Å². The zero-order valence-corrected chi connectivity index (χ0v) is 14.1. The second kappa shape index (κ2) is 7.08. The number of nitriles is 1. The van der Waals surface area contributed by atoms with Crippen LogP contribution in [0.5, 0.6) is 0 Å². The molecule has 26 heavy (non-hydrogen) atoms. The van der Waals surface area contributed by atoms with Gasteiger partial charge in [-0.25, -0.2) is 4.79 Å². The van der Waals surface area contributed by atoms with Crippen LogP contribution in [-0.4, -0.2) is 15.6 Å². The van der Waals surface area contributed by atoms with Crippen LogP contribution >= 0.6 is 0 Å². The number of carbonyl (C=O) groups is 1. The molecule has 0 aliphatic rings. The molecule has 128 valence electrons. The van der Waals surface area contributed by atoms with E-state index in [4.69, 9.17) is 5.26 Å². The Bertz CT molecular complexity index is 1070. The molecule has 0 saturated carbocycles. The van der Waals surface area contributed by atoms with Crippen molar-refractivity contribution in [1.29, 1.82) is 5.26 Å². The molecule has 0 radical (unpaired) electrons.